The molecule has 1 fully saturated rings. The molecule has 0 saturated carbocycles. The Balaban J connectivity index is 1.71. The Labute approximate surface area is 145 Å². The van der Waals surface area contributed by atoms with Crippen LogP contribution in [0.3, 0.4) is 0 Å². The van der Waals surface area contributed by atoms with Crippen molar-refractivity contribution in [1.29, 1.82) is 0 Å². The Kier molecular flexibility index (Phi) is 5.30. The van der Waals surface area contributed by atoms with Gasteiger partial charge in [-0.05, 0) is 11.6 Å². The fourth-order valence-corrected chi connectivity index (χ4v) is 2.78. The van der Waals surface area contributed by atoms with Crippen molar-refractivity contribution in [2.24, 2.45) is 0 Å². The van der Waals surface area contributed by atoms with Crippen LogP contribution in [0.5, 0.6) is 5.75 Å². The predicted octanol–water partition coefficient (Wildman–Crippen LogP) is 2.04. The minimum absolute atomic E-state index is 0.00166. The van der Waals surface area contributed by atoms with E-state index >= 15 is 0 Å². The summed E-state index contributed by atoms with van der Waals surface area (Å²) < 4.78 is 10.9. The monoisotopic (exact) mass is 341 g/mol. The maximum atomic E-state index is 12.4. The average molecular weight is 341 g/mol. The van der Waals surface area contributed by atoms with Gasteiger partial charge in [0.1, 0.15) is 5.75 Å². The number of nitrogens with zero attached hydrogens (tertiary/aromatic N) is 1. The summed E-state index contributed by atoms with van der Waals surface area (Å²) in [6.45, 7) is 0.366. The Bertz CT molecular complexity index is 746. The largest absolute Gasteiger partial charge is 0.483 e. The van der Waals surface area contributed by atoms with E-state index in [4.69, 9.17) is 9.47 Å². The third kappa shape index (κ3) is 3.97. The normalized spacial score (nSPS) is 17.1. The summed E-state index contributed by atoms with van der Waals surface area (Å²) in [5, 5.41) is 9.22. The molecule has 1 heterocycles. The first-order chi connectivity index (χ1) is 12.2. The van der Waals surface area contributed by atoms with Crippen molar-refractivity contribution in [3.05, 3.63) is 54.6 Å². The molecule has 6 heteroatoms. The molecule has 130 valence electrons. The SMILES string of the molecule is O=C(O)[C@H]1COCCN1C(=O)COc1ccccc1-c1ccccc1. The lowest BCUT2D eigenvalue weighted by molar-refractivity contribution is -0.159. The number of para-hydroxylation sites is 1. The van der Waals surface area contributed by atoms with Crippen LogP contribution in [0.1, 0.15) is 0 Å². The van der Waals surface area contributed by atoms with E-state index in [1.807, 2.05) is 48.5 Å². The molecule has 0 spiro atoms. The van der Waals surface area contributed by atoms with Crippen LogP contribution in [0.2, 0.25) is 0 Å². The topological polar surface area (TPSA) is 76.1 Å². The summed E-state index contributed by atoms with van der Waals surface area (Å²) >= 11 is 0. The third-order valence-electron chi connectivity index (χ3n) is 4.06. The van der Waals surface area contributed by atoms with Crippen molar-refractivity contribution in [2.75, 3.05) is 26.4 Å². The van der Waals surface area contributed by atoms with Gasteiger partial charge in [-0.1, -0.05) is 48.5 Å². The van der Waals surface area contributed by atoms with Gasteiger partial charge in [-0.25, -0.2) is 4.79 Å². The number of hydrogen-bond acceptors (Lipinski definition) is 4. The zero-order chi connectivity index (χ0) is 17.6. The maximum absolute atomic E-state index is 12.4. The summed E-state index contributed by atoms with van der Waals surface area (Å²) in [4.78, 5) is 25.0. The lowest BCUT2D eigenvalue weighted by Crippen LogP contribution is -2.53. The van der Waals surface area contributed by atoms with Crippen LogP contribution >= 0.6 is 0 Å². The van der Waals surface area contributed by atoms with Crippen LogP contribution in [0.4, 0.5) is 0 Å². The van der Waals surface area contributed by atoms with Crippen LogP contribution in [0.15, 0.2) is 54.6 Å². The van der Waals surface area contributed by atoms with Gasteiger partial charge in [-0.15, -0.1) is 0 Å². The zero-order valence-corrected chi connectivity index (χ0v) is 13.6. The highest BCUT2D eigenvalue weighted by Crippen LogP contribution is 2.29. The number of carboxylic acid groups (broad SMARTS) is 1. The summed E-state index contributed by atoms with van der Waals surface area (Å²) in [6.07, 6.45) is 0. The van der Waals surface area contributed by atoms with Gasteiger partial charge in [0.25, 0.3) is 5.91 Å². The number of hydrogen-bond donors (Lipinski definition) is 1. The summed E-state index contributed by atoms with van der Waals surface area (Å²) in [5.41, 5.74) is 1.87. The van der Waals surface area contributed by atoms with E-state index in [0.717, 1.165) is 11.1 Å². The number of amides is 1. The van der Waals surface area contributed by atoms with Crippen molar-refractivity contribution in [3.63, 3.8) is 0 Å². The standard InChI is InChI=1S/C19H19NO5/c21-18(20-10-11-24-12-16(20)19(22)23)13-25-17-9-5-4-8-15(17)14-6-2-1-3-7-14/h1-9,16H,10-13H2,(H,22,23)/t16-/m1/s1. The van der Waals surface area contributed by atoms with E-state index < -0.39 is 12.0 Å². The molecule has 2 aromatic carbocycles. The molecule has 1 aliphatic heterocycles. The molecule has 0 unspecified atom stereocenters. The molecule has 6 nitrogen and oxygen atoms in total. The van der Waals surface area contributed by atoms with E-state index in [-0.39, 0.29) is 25.7 Å². The second-order valence-electron chi connectivity index (χ2n) is 5.67. The molecule has 1 amide bonds. The minimum atomic E-state index is -1.07. The number of carbonyl (C=O) groups is 2. The predicted molar refractivity (Wildman–Crippen MR) is 91.3 cm³/mol. The molecule has 25 heavy (non-hydrogen) atoms. The number of morpholine rings is 1. The molecule has 1 atom stereocenters. The number of carboxylic acids is 1. The maximum Gasteiger partial charge on any atom is 0.328 e. The molecule has 0 radical (unpaired) electrons. The molecule has 0 aliphatic carbocycles. The smallest absolute Gasteiger partial charge is 0.328 e. The fourth-order valence-electron chi connectivity index (χ4n) is 2.78. The molecule has 1 N–H and O–H groups in total. The number of aliphatic carboxylic acids is 1. The van der Waals surface area contributed by atoms with Crippen molar-refractivity contribution in [3.8, 4) is 16.9 Å². The van der Waals surface area contributed by atoms with E-state index in [9.17, 15) is 14.7 Å². The molecule has 2 aromatic rings. The number of ether oxygens (including phenoxy) is 2. The van der Waals surface area contributed by atoms with E-state index in [1.54, 1.807) is 6.07 Å². The van der Waals surface area contributed by atoms with Crippen molar-refractivity contribution >= 4 is 11.9 Å². The highest BCUT2D eigenvalue weighted by Gasteiger charge is 2.32. The van der Waals surface area contributed by atoms with E-state index in [2.05, 4.69) is 0 Å². The molecule has 3 rings (SSSR count). The van der Waals surface area contributed by atoms with E-state index in [1.165, 1.54) is 4.90 Å². The van der Waals surface area contributed by atoms with Gasteiger partial charge in [0.05, 0.1) is 13.2 Å². The van der Waals surface area contributed by atoms with Gasteiger partial charge < -0.3 is 19.5 Å². The minimum Gasteiger partial charge on any atom is -0.483 e. The molecule has 0 bridgehead atoms. The second-order valence-corrected chi connectivity index (χ2v) is 5.67. The summed E-state index contributed by atoms with van der Waals surface area (Å²) in [5.74, 6) is -0.849. The molecular weight excluding hydrogens is 322 g/mol. The van der Waals surface area contributed by atoms with Crippen LogP contribution in [0.25, 0.3) is 11.1 Å². The lowest BCUT2D eigenvalue weighted by atomic mass is 10.1. The Morgan fingerprint density at radius 1 is 1.12 bits per heavy atom. The Morgan fingerprint density at radius 2 is 1.84 bits per heavy atom. The number of benzene rings is 2. The van der Waals surface area contributed by atoms with Gasteiger partial charge in [0, 0.05) is 12.1 Å². The van der Waals surface area contributed by atoms with Gasteiger partial charge in [0.2, 0.25) is 0 Å². The number of carbonyl (C=O) groups excluding carboxylic acids is 1. The summed E-state index contributed by atoms with van der Waals surface area (Å²) in [6, 6.07) is 16.2. The lowest BCUT2D eigenvalue weighted by Gasteiger charge is -2.32. The zero-order valence-electron chi connectivity index (χ0n) is 13.6. The Hall–Kier alpha value is -2.86. The van der Waals surface area contributed by atoms with Gasteiger partial charge in [-0.2, -0.15) is 0 Å². The summed E-state index contributed by atoms with van der Waals surface area (Å²) in [7, 11) is 0. The third-order valence-corrected chi connectivity index (χ3v) is 4.06. The van der Waals surface area contributed by atoms with Gasteiger partial charge in [-0.3, -0.25) is 4.79 Å². The first kappa shape index (κ1) is 17.0. The van der Waals surface area contributed by atoms with Gasteiger partial charge in [0.15, 0.2) is 12.6 Å². The quantitative estimate of drug-likeness (QED) is 0.901. The highest BCUT2D eigenvalue weighted by molar-refractivity contribution is 5.85. The first-order valence-corrected chi connectivity index (χ1v) is 8.04. The average Bonchev–Trinajstić information content (AvgIpc) is 2.67. The van der Waals surface area contributed by atoms with Gasteiger partial charge >= 0.3 is 5.97 Å². The Morgan fingerprint density at radius 3 is 2.60 bits per heavy atom. The molecule has 1 aliphatic rings. The molecule has 0 aromatic heterocycles. The van der Waals surface area contributed by atoms with Crippen LogP contribution in [-0.4, -0.2) is 54.3 Å². The fraction of sp³-hybridized carbons (Fsp3) is 0.263. The number of rotatable bonds is 5. The van der Waals surface area contributed by atoms with Crippen molar-refractivity contribution < 1.29 is 24.2 Å². The van der Waals surface area contributed by atoms with Crippen molar-refractivity contribution in [2.45, 2.75) is 6.04 Å². The van der Waals surface area contributed by atoms with Crippen LogP contribution in [0, 0.1) is 0 Å². The van der Waals surface area contributed by atoms with Crippen LogP contribution in [-0.2, 0) is 14.3 Å². The second kappa shape index (κ2) is 7.81. The molecule has 1 saturated heterocycles. The van der Waals surface area contributed by atoms with Crippen molar-refractivity contribution in [1.82, 2.24) is 4.90 Å². The van der Waals surface area contributed by atoms with E-state index in [0.29, 0.717) is 12.4 Å². The van der Waals surface area contributed by atoms with Crippen LogP contribution < -0.4 is 4.74 Å². The first-order valence-electron chi connectivity index (χ1n) is 8.04. The molecular formula is C19H19NO5. The highest BCUT2D eigenvalue weighted by atomic mass is 16.5.